The molecule has 0 aliphatic carbocycles. The van der Waals surface area contributed by atoms with E-state index in [2.05, 4.69) is 39.1 Å². The van der Waals surface area contributed by atoms with Crippen molar-refractivity contribution in [3.63, 3.8) is 0 Å². The molecule has 0 aromatic heterocycles. The van der Waals surface area contributed by atoms with Crippen molar-refractivity contribution in [3.8, 4) is 0 Å². The molecule has 0 aliphatic heterocycles. The van der Waals surface area contributed by atoms with Gasteiger partial charge in [0.15, 0.2) is 0 Å². The van der Waals surface area contributed by atoms with Crippen molar-refractivity contribution >= 4 is 6.72 Å². The monoisotopic (exact) mass is 167 g/mol. The predicted molar refractivity (Wildman–Crippen MR) is 58.6 cm³/mol. The molecule has 0 aromatic rings. The molecule has 0 saturated heterocycles. The second-order valence-corrected chi connectivity index (χ2v) is 3.22. The molecule has 0 spiro atoms. The number of hydrogen-bond acceptors (Lipinski definition) is 1. The second-order valence-electron chi connectivity index (χ2n) is 3.22. The molecule has 0 aromatic carbocycles. The molecule has 70 valence electrons. The lowest BCUT2D eigenvalue weighted by Gasteiger charge is -2.18. The van der Waals surface area contributed by atoms with Gasteiger partial charge in [-0.3, -0.25) is 4.99 Å². The summed E-state index contributed by atoms with van der Waals surface area (Å²) in [4.78, 5) is 3.69. The van der Waals surface area contributed by atoms with Crippen LogP contribution in [0, 0.1) is 5.41 Å². The van der Waals surface area contributed by atoms with Gasteiger partial charge in [-0.15, -0.1) is 0 Å². The summed E-state index contributed by atoms with van der Waals surface area (Å²) in [5.41, 5.74) is 1.24. The normalized spacial score (nSPS) is 11.2. The van der Waals surface area contributed by atoms with Crippen LogP contribution in [0.1, 0.15) is 34.6 Å². The highest BCUT2D eigenvalue weighted by molar-refractivity contribution is 5.30. The van der Waals surface area contributed by atoms with E-state index < -0.39 is 0 Å². The van der Waals surface area contributed by atoms with Gasteiger partial charge in [0.05, 0.1) is 0 Å². The first-order valence-corrected chi connectivity index (χ1v) is 4.31. The summed E-state index contributed by atoms with van der Waals surface area (Å²) in [5.74, 6) is 0. The van der Waals surface area contributed by atoms with Gasteiger partial charge < -0.3 is 0 Å². The number of hydrogen-bond donors (Lipinski definition) is 0. The zero-order valence-electron chi connectivity index (χ0n) is 9.02. The van der Waals surface area contributed by atoms with Gasteiger partial charge in [-0.1, -0.05) is 47.3 Å². The molecule has 1 nitrogen and oxygen atoms in total. The third-order valence-electron chi connectivity index (χ3n) is 1.32. The van der Waals surface area contributed by atoms with Gasteiger partial charge in [-0.25, -0.2) is 0 Å². The van der Waals surface area contributed by atoms with Crippen molar-refractivity contribution in [2.45, 2.75) is 34.6 Å². The van der Waals surface area contributed by atoms with Crippen molar-refractivity contribution in [1.82, 2.24) is 0 Å². The highest BCUT2D eigenvalue weighted by Gasteiger charge is 2.12. The Balaban J connectivity index is 0. The molecule has 0 rings (SSSR count). The molecule has 0 N–H and O–H groups in total. The van der Waals surface area contributed by atoms with Crippen molar-refractivity contribution in [2.75, 3.05) is 0 Å². The Morgan fingerprint density at radius 3 is 1.75 bits per heavy atom. The van der Waals surface area contributed by atoms with E-state index in [1.807, 2.05) is 19.9 Å². The van der Waals surface area contributed by atoms with Gasteiger partial charge in [-0.2, -0.15) is 0 Å². The molecule has 0 radical (unpaired) electrons. The maximum atomic E-state index is 3.69. The van der Waals surface area contributed by atoms with Gasteiger partial charge in [0.25, 0.3) is 0 Å². The van der Waals surface area contributed by atoms with Crippen molar-refractivity contribution in [1.29, 1.82) is 0 Å². The van der Waals surface area contributed by atoms with Crippen LogP contribution < -0.4 is 0 Å². The highest BCUT2D eigenvalue weighted by Crippen LogP contribution is 2.25. The van der Waals surface area contributed by atoms with Crippen LogP contribution in [0.2, 0.25) is 0 Å². The average molecular weight is 167 g/mol. The molecular formula is C11H21N. The van der Waals surface area contributed by atoms with E-state index in [9.17, 15) is 0 Å². The topological polar surface area (TPSA) is 12.4 Å². The van der Waals surface area contributed by atoms with Crippen molar-refractivity contribution < 1.29 is 0 Å². The molecule has 0 unspecified atom stereocenters. The molecule has 1 heteroatoms. The SMILES string of the molecule is C=C/C(=C\N=C)C(C)(C)C.CC. The minimum absolute atomic E-state index is 0.128. The fourth-order valence-corrected chi connectivity index (χ4v) is 0.651. The maximum Gasteiger partial charge on any atom is 0.0297 e. The zero-order chi connectivity index (χ0) is 10.2. The highest BCUT2D eigenvalue weighted by atomic mass is 14.6. The van der Waals surface area contributed by atoms with Crippen LogP contribution in [0.15, 0.2) is 29.4 Å². The zero-order valence-corrected chi connectivity index (χ0v) is 9.02. The number of allylic oxidation sites excluding steroid dienone is 2. The van der Waals surface area contributed by atoms with E-state index in [-0.39, 0.29) is 5.41 Å². The Hall–Kier alpha value is -0.850. The second kappa shape index (κ2) is 6.84. The summed E-state index contributed by atoms with van der Waals surface area (Å²) in [6.07, 6.45) is 3.56. The van der Waals surface area contributed by atoms with E-state index >= 15 is 0 Å². The van der Waals surface area contributed by atoms with E-state index in [1.54, 1.807) is 6.20 Å². The molecule has 0 heterocycles. The third kappa shape index (κ3) is 5.90. The van der Waals surface area contributed by atoms with Crippen LogP contribution >= 0.6 is 0 Å². The molecule has 0 amide bonds. The molecule has 0 fully saturated rings. The van der Waals surface area contributed by atoms with Crippen LogP contribution in [0.3, 0.4) is 0 Å². The predicted octanol–water partition coefficient (Wildman–Crippen LogP) is 3.83. The lowest BCUT2D eigenvalue weighted by atomic mass is 9.87. The molecule has 0 aliphatic rings. The first-order valence-electron chi connectivity index (χ1n) is 4.31. The van der Waals surface area contributed by atoms with E-state index in [0.29, 0.717) is 0 Å². The summed E-state index contributed by atoms with van der Waals surface area (Å²) in [5, 5.41) is 0. The summed E-state index contributed by atoms with van der Waals surface area (Å²) >= 11 is 0. The summed E-state index contributed by atoms with van der Waals surface area (Å²) in [6, 6.07) is 0. The van der Waals surface area contributed by atoms with Crippen LogP contribution in [0.4, 0.5) is 0 Å². The van der Waals surface area contributed by atoms with Crippen molar-refractivity contribution in [3.05, 3.63) is 24.4 Å². The summed E-state index contributed by atoms with van der Waals surface area (Å²) in [6.45, 7) is 17.4. The fraction of sp³-hybridized carbons (Fsp3) is 0.545. The Kier molecular flexibility index (Phi) is 7.82. The standard InChI is InChI=1S/C9H15N.C2H6/c1-6-8(7-10-5)9(2,3)4;1-2/h6-7H,1,5H2,2-4H3;1-2H3/b8-7+;. The number of rotatable bonds is 2. The number of aliphatic imine (C=N–C) groups is 1. The van der Waals surface area contributed by atoms with Gasteiger partial charge in [0, 0.05) is 6.20 Å². The molecular weight excluding hydrogens is 146 g/mol. The molecule has 12 heavy (non-hydrogen) atoms. The Morgan fingerprint density at radius 2 is 1.67 bits per heavy atom. The largest absolute Gasteiger partial charge is 0.272 e. The van der Waals surface area contributed by atoms with Crippen molar-refractivity contribution in [2.24, 2.45) is 10.4 Å². The average Bonchev–Trinajstić information content (AvgIpc) is 2.02. The molecule has 0 bridgehead atoms. The minimum atomic E-state index is 0.128. The Morgan fingerprint density at radius 1 is 1.25 bits per heavy atom. The third-order valence-corrected chi connectivity index (χ3v) is 1.32. The maximum absolute atomic E-state index is 3.69. The van der Waals surface area contributed by atoms with Gasteiger partial charge in [-0.05, 0) is 17.7 Å². The van der Waals surface area contributed by atoms with E-state index in [1.165, 1.54) is 0 Å². The summed E-state index contributed by atoms with van der Waals surface area (Å²) < 4.78 is 0. The Bertz CT molecular complexity index is 158. The number of nitrogens with zero attached hydrogens (tertiary/aromatic N) is 1. The van der Waals surface area contributed by atoms with Gasteiger partial charge in [0.2, 0.25) is 0 Å². The van der Waals surface area contributed by atoms with Crippen LogP contribution in [-0.4, -0.2) is 6.72 Å². The van der Waals surface area contributed by atoms with Crippen LogP contribution in [-0.2, 0) is 0 Å². The lowest BCUT2D eigenvalue weighted by molar-refractivity contribution is 0.516. The van der Waals surface area contributed by atoms with E-state index in [0.717, 1.165) is 5.57 Å². The molecule has 0 saturated carbocycles. The smallest absolute Gasteiger partial charge is 0.0297 e. The fourth-order valence-electron chi connectivity index (χ4n) is 0.651. The molecule has 0 atom stereocenters. The first-order chi connectivity index (χ1) is 5.52. The lowest BCUT2D eigenvalue weighted by Crippen LogP contribution is -2.06. The summed E-state index contributed by atoms with van der Waals surface area (Å²) in [7, 11) is 0. The van der Waals surface area contributed by atoms with Crippen LogP contribution in [0.25, 0.3) is 0 Å². The minimum Gasteiger partial charge on any atom is -0.272 e. The Labute approximate surface area is 76.9 Å². The van der Waals surface area contributed by atoms with Gasteiger partial charge in [0.1, 0.15) is 0 Å². The van der Waals surface area contributed by atoms with Gasteiger partial charge >= 0.3 is 0 Å². The van der Waals surface area contributed by atoms with E-state index in [4.69, 9.17) is 0 Å². The quantitative estimate of drug-likeness (QED) is 0.438. The van der Waals surface area contributed by atoms with Crippen LogP contribution in [0.5, 0.6) is 0 Å². The first kappa shape index (κ1) is 13.7.